The van der Waals surface area contributed by atoms with Crippen molar-refractivity contribution in [3.8, 4) is 0 Å². The van der Waals surface area contributed by atoms with Crippen LogP contribution in [0.15, 0.2) is 0 Å². The Bertz CT molecular complexity index is 133. The van der Waals surface area contributed by atoms with Crippen LogP contribution in [0.2, 0.25) is 0 Å². The number of hydrogen-bond acceptors (Lipinski definition) is 2. The van der Waals surface area contributed by atoms with Crippen molar-refractivity contribution in [1.29, 1.82) is 0 Å². The highest BCUT2D eigenvalue weighted by atomic mass is 16.4. The summed E-state index contributed by atoms with van der Waals surface area (Å²) >= 11 is 0. The van der Waals surface area contributed by atoms with Crippen LogP contribution in [0.5, 0.6) is 0 Å². The van der Waals surface area contributed by atoms with Crippen LogP contribution >= 0.6 is 0 Å². The molecule has 1 aliphatic rings. The van der Waals surface area contributed by atoms with Crippen LogP contribution in [0.25, 0.3) is 0 Å². The molecule has 0 saturated heterocycles. The number of rotatable bonds is 2. The fraction of sp³-hybridized carbons (Fsp3) is 0.857. The number of carboxylic acids is 1. The molecule has 0 heterocycles. The molecule has 1 rings (SSSR count). The minimum absolute atomic E-state index is 0.215. The van der Waals surface area contributed by atoms with Gasteiger partial charge in [0.15, 0.2) is 0 Å². The summed E-state index contributed by atoms with van der Waals surface area (Å²) in [6.07, 6.45) is 2.29. The number of carbonyl (C=O) groups is 1. The van der Waals surface area contributed by atoms with Gasteiger partial charge < -0.3 is 10.2 Å². The van der Waals surface area contributed by atoms with Crippen LogP contribution < -0.4 is 0 Å². The molecule has 10 heavy (non-hydrogen) atoms. The van der Waals surface area contributed by atoms with Crippen molar-refractivity contribution in [1.82, 2.24) is 0 Å². The van der Waals surface area contributed by atoms with Gasteiger partial charge in [-0.25, -0.2) is 0 Å². The number of hydrogen-bond donors (Lipinski definition) is 2. The van der Waals surface area contributed by atoms with Crippen molar-refractivity contribution in [2.24, 2.45) is 5.92 Å². The number of aliphatic hydroxyl groups is 1. The van der Waals surface area contributed by atoms with Gasteiger partial charge in [-0.05, 0) is 25.2 Å². The Morgan fingerprint density at radius 3 is 2.60 bits per heavy atom. The number of aliphatic hydroxyl groups excluding tert-OH is 1. The van der Waals surface area contributed by atoms with Crippen molar-refractivity contribution in [3.05, 3.63) is 0 Å². The fourth-order valence-corrected chi connectivity index (χ4v) is 1.48. The van der Waals surface area contributed by atoms with Gasteiger partial charge in [-0.15, -0.1) is 0 Å². The van der Waals surface area contributed by atoms with Crippen molar-refractivity contribution >= 4 is 5.97 Å². The normalized spacial score (nSPS) is 32.5. The van der Waals surface area contributed by atoms with Crippen molar-refractivity contribution in [3.63, 3.8) is 0 Å². The molecule has 58 valence electrons. The zero-order valence-corrected chi connectivity index (χ0v) is 5.79. The van der Waals surface area contributed by atoms with E-state index >= 15 is 0 Å². The lowest BCUT2D eigenvalue weighted by atomic mass is 10.0. The molecule has 0 spiro atoms. The predicted octanol–water partition coefficient (Wildman–Crippen LogP) is 0.622. The molecule has 0 aromatic carbocycles. The van der Waals surface area contributed by atoms with E-state index < -0.39 is 5.97 Å². The molecule has 2 atom stereocenters. The summed E-state index contributed by atoms with van der Waals surface area (Å²) in [5, 5.41) is 17.4. The van der Waals surface area contributed by atoms with Crippen LogP contribution in [0, 0.1) is 5.92 Å². The van der Waals surface area contributed by atoms with E-state index in [1.807, 2.05) is 0 Å². The maximum Gasteiger partial charge on any atom is 0.303 e. The monoisotopic (exact) mass is 144 g/mol. The van der Waals surface area contributed by atoms with E-state index in [4.69, 9.17) is 10.2 Å². The van der Waals surface area contributed by atoms with Gasteiger partial charge in [0, 0.05) is 6.42 Å². The third kappa shape index (κ3) is 1.99. The van der Waals surface area contributed by atoms with Gasteiger partial charge in [0.1, 0.15) is 0 Å². The quantitative estimate of drug-likeness (QED) is 0.597. The summed E-state index contributed by atoms with van der Waals surface area (Å²) < 4.78 is 0. The highest BCUT2D eigenvalue weighted by molar-refractivity contribution is 5.67. The molecule has 0 bridgehead atoms. The van der Waals surface area contributed by atoms with E-state index in [0.29, 0.717) is 6.42 Å². The van der Waals surface area contributed by atoms with Crippen molar-refractivity contribution in [2.75, 3.05) is 0 Å². The second-order valence-electron chi connectivity index (χ2n) is 2.93. The predicted molar refractivity (Wildman–Crippen MR) is 35.6 cm³/mol. The summed E-state index contributed by atoms with van der Waals surface area (Å²) in [6.45, 7) is 0. The van der Waals surface area contributed by atoms with Crippen LogP contribution in [0.1, 0.15) is 25.7 Å². The summed E-state index contributed by atoms with van der Waals surface area (Å²) in [4.78, 5) is 10.2. The first kappa shape index (κ1) is 7.54. The largest absolute Gasteiger partial charge is 0.481 e. The lowest BCUT2D eigenvalue weighted by Gasteiger charge is -2.02. The Hall–Kier alpha value is -0.570. The maximum absolute atomic E-state index is 10.2. The van der Waals surface area contributed by atoms with Crippen LogP contribution in [0.4, 0.5) is 0 Å². The zero-order chi connectivity index (χ0) is 7.56. The lowest BCUT2D eigenvalue weighted by molar-refractivity contribution is -0.138. The van der Waals surface area contributed by atoms with Crippen LogP contribution in [0.3, 0.4) is 0 Å². The third-order valence-corrected chi connectivity index (χ3v) is 1.98. The summed E-state index contributed by atoms with van der Waals surface area (Å²) in [6, 6.07) is 0. The summed E-state index contributed by atoms with van der Waals surface area (Å²) in [5.74, 6) is -0.536. The highest BCUT2D eigenvalue weighted by Gasteiger charge is 2.24. The molecule has 0 aliphatic heterocycles. The van der Waals surface area contributed by atoms with E-state index in [1.54, 1.807) is 0 Å². The van der Waals surface area contributed by atoms with Crippen molar-refractivity contribution < 1.29 is 15.0 Å². The molecule has 1 unspecified atom stereocenters. The first-order valence-electron chi connectivity index (χ1n) is 3.58. The van der Waals surface area contributed by atoms with Gasteiger partial charge in [0.25, 0.3) is 0 Å². The molecule has 1 aliphatic carbocycles. The SMILES string of the molecule is O=C(O)C[C@H]1CCC(O)C1. The molecule has 0 radical (unpaired) electrons. The van der Waals surface area contributed by atoms with Gasteiger partial charge in [0.2, 0.25) is 0 Å². The van der Waals surface area contributed by atoms with Crippen LogP contribution in [-0.4, -0.2) is 22.3 Å². The molecular weight excluding hydrogens is 132 g/mol. The number of aliphatic carboxylic acids is 1. The minimum atomic E-state index is -0.751. The van der Waals surface area contributed by atoms with Gasteiger partial charge >= 0.3 is 5.97 Å². The molecule has 3 heteroatoms. The van der Waals surface area contributed by atoms with E-state index in [2.05, 4.69) is 0 Å². The molecule has 2 N–H and O–H groups in total. The standard InChI is InChI=1S/C7H12O3/c8-6-2-1-5(3-6)4-7(9)10/h5-6,8H,1-4H2,(H,9,10)/t5-,6?/m0/s1. The Labute approximate surface area is 59.7 Å². The van der Waals surface area contributed by atoms with Gasteiger partial charge in [-0.3, -0.25) is 4.79 Å². The minimum Gasteiger partial charge on any atom is -0.481 e. The maximum atomic E-state index is 10.2. The Kier molecular flexibility index (Phi) is 2.27. The average molecular weight is 144 g/mol. The van der Waals surface area contributed by atoms with E-state index in [9.17, 15) is 4.79 Å². The topological polar surface area (TPSA) is 57.5 Å². The Balaban J connectivity index is 2.24. The first-order chi connectivity index (χ1) is 4.68. The first-order valence-corrected chi connectivity index (χ1v) is 3.58. The summed E-state index contributed by atoms with van der Waals surface area (Å²) in [5.41, 5.74) is 0. The summed E-state index contributed by atoms with van der Waals surface area (Å²) in [7, 11) is 0. The van der Waals surface area contributed by atoms with Gasteiger partial charge in [0.05, 0.1) is 6.10 Å². The lowest BCUT2D eigenvalue weighted by Crippen LogP contribution is -2.05. The van der Waals surface area contributed by atoms with E-state index in [1.165, 1.54) is 0 Å². The second-order valence-corrected chi connectivity index (χ2v) is 2.93. The highest BCUT2D eigenvalue weighted by Crippen LogP contribution is 2.27. The molecule has 1 fully saturated rings. The third-order valence-electron chi connectivity index (χ3n) is 1.98. The average Bonchev–Trinajstić information content (AvgIpc) is 2.13. The molecule has 0 amide bonds. The Morgan fingerprint density at radius 2 is 2.20 bits per heavy atom. The van der Waals surface area contributed by atoms with E-state index in [-0.39, 0.29) is 18.4 Å². The van der Waals surface area contributed by atoms with Gasteiger partial charge in [-0.1, -0.05) is 0 Å². The number of carboxylic acid groups (broad SMARTS) is 1. The molecule has 3 nitrogen and oxygen atoms in total. The molecule has 1 saturated carbocycles. The zero-order valence-electron chi connectivity index (χ0n) is 5.79. The van der Waals surface area contributed by atoms with E-state index in [0.717, 1.165) is 12.8 Å². The Morgan fingerprint density at radius 1 is 1.50 bits per heavy atom. The molecule has 0 aromatic rings. The second kappa shape index (κ2) is 3.01. The molecule has 0 aromatic heterocycles. The van der Waals surface area contributed by atoms with Gasteiger partial charge in [-0.2, -0.15) is 0 Å². The molecular formula is C7H12O3. The van der Waals surface area contributed by atoms with Crippen LogP contribution in [-0.2, 0) is 4.79 Å². The smallest absolute Gasteiger partial charge is 0.303 e. The fourth-order valence-electron chi connectivity index (χ4n) is 1.48. The van der Waals surface area contributed by atoms with Crippen molar-refractivity contribution in [2.45, 2.75) is 31.8 Å².